The Morgan fingerprint density at radius 1 is 1.48 bits per heavy atom. The van der Waals surface area contributed by atoms with Gasteiger partial charge >= 0.3 is 0 Å². The number of nitrogens with zero attached hydrogens (tertiary/aromatic N) is 5. The molecule has 3 rings (SSSR count). The Hall–Kier alpha value is -2.18. The van der Waals surface area contributed by atoms with E-state index in [1.807, 2.05) is 24.3 Å². The van der Waals surface area contributed by atoms with Gasteiger partial charge in [0.05, 0.1) is 12.1 Å². The van der Waals surface area contributed by atoms with Crippen molar-refractivity contribution in [1.82, 2.24) is 24.8 Å². The molecule has 0 saturated carbocycles. The van der Waals surface area contributed by atoms with Crippen molar-refractivity contribution in [2.75, 3.05) is 13.1 Å². The van der Waals surface area contributed by atoms with Crippen LogP contribution in [0.2, 0.25) is 0 Å². The average molecular weight is 345 g/mol. The van der Waals surface area contributed by atoms with E-state index in [1.165, 1.54) is 0 Å². The normalized spacial score (nSPS) is 19.2. The van der Waals surface area contributed by atoms with Crippen LogP contribution in [0.1, 0.15) is 68.6 Å². The molecular formula is C18H27N5O2. The summed E-state index contributed by atoms with van der Waals surface area (Å²) in [5.74, 6) is 2.10. The van der Waals surface area contributed by atoms with Gasteiger partial charge in [0.15, 0.2) is 5.82 Å². The molecule has 0 aliphatic carbocycles. The maximum Gasteiger partial charge on any atom is 0.231 e. The zero-order valence-corrected chi connectivity index (χ0v) is 15.3. The standard InChI is InChI=1S/C18H27N5O2/c1-4-13(2)17-20-18(25-21-17)15-6-5-9-23(12-15)16(24)8-7-14-10-19-22(3)11-14/h10-11,13,15H,4-9,12H2,1-3H3/t13-,15+/m0/s1. The minimum Gasteiger partial charge on any atom is -0.342 e. The molecule has 7 heteroatoms. The minimum atomic E-state index is 0.154. The predicted octanol–water partition coefficient (Wildman–Crippen LogP) is 2.66. The Balaban J connectivity index is 1.56. The zero-order chi connectivity index (χ0) is 17.8. The second kappa shape index (κ2) is 7.80. The average Bonchev–Trinajstić information content (AvgIpc) is 3.28. The molecule has 1 fully saturated rings. The smallest absolute Gasteiger partial charge is 0.231 e. The van der Waals surface area contributed by atoms with Crippen molar-refractivity contribution in [3.63, 3.8) is 0 Å². The lowest BCUT2D eigenvalue weighted by Gasteiger charge is -2.31. The topological polar surface area (TPSA) is 77.0 Å². The van der Waals surface area contributed by atoms with Crippen LogP contribution in [0.5, 0.6) is 0 Å². The number of carbonyl (C=O) groups excluding carboxylic acids is 1. The van der Waals surface area contributed by atoms with Crippen molar-refractivity contribution in [2.45, 2.75) is 57.8 Å². The lowest BCUT2D eigenvalue weighted by molar-refractivity contribution is -0.132. The number of hydrogen-bond acceptors (Lipinski definition) is 5. The fraction of sp³-hybridized carbons (Fsp3) is 0.667. The monoisotopic (exact) mass is 345 g/mol. The van der Waals surface area contributed by atoms with Crippen molar-refractivity contribution < 1.29 is 9.32 Å². The highest BCUT2D eigenvalue weighted by Crippen LogP contribution is 2.27. The van der Waals surface area contributed by atoms with Gasteiger partial charge in [0.2, 0.25) is 11.8 Å². The van der Waals surface area contributed by atoms with Gasteiger partial charge < -0.3 is 9.42 Å². The van der Waals surface area contributed by atoms with Gasteiger partial charge in [-0.05, 0) is 31.2 Å². The van der Waals surface area contributed by atoms with Gasteiger partial charge in [-0.3, -0.25) is 9.48 Å². The maximum absolute atomic E-state index is 12.5. The Kier molecular flexibility index (Phi) is 5.50. The van der Waals surface area contributed by atoms with E-state index >= 15 is 0 Å². The molecule has 0 unspecified atom stereocenters. The van der Waals surface area contributed by atoms with Crippen molar-refractivity contribution in [1.29, 1.82) is 0 Å². The number of hydrogen-bond donors (Lipinski definition) is 0. The first kappa shape index (κ1) is 17.6. The highest BCUT2D eigenvalue weighted by molar-refractivity contribution is 5.76. The van der Waals surface area contributed by atoms with E-state index in [9.17, 15) is 4.79 Å². The molecule has 0 N–H and O–H groups in total. The third kappa shape index (κ3) is 4.27. The summed E-state index contributed by atoms with van der Waals surface area (Å²) in [6.07, 6.45) is 7.98. The van der Waals surface area contributed by atoms with Gasteiger partial charge in [-0.25, -0.2) is 0 Å². The van der Waals surface area contributed by atoms with Crippen LogP contribution in [0, 0.1) is 0 Å². The SMILES string of the molecule is CC[C@H](C)c1noc([C@@H]2CCCN(C(=O)CCc3cnn(C)c3)C2)n1. The van der Waals surface area contributed by atoms with Gasteiger partial charge in [-0.2, -0.15) is 10.1 Å². The Bertz CT molecular complexity index is 708. The third-order valence-electron chi connectivity index (χ3n) is 5.02. The van der Waals surface area contributed by atoms with Crippen LogP contribution in [0.3, 0.4) is 0 Å². The molecule has 1 aliphatic rings. The first-order valence-corrected chi connectivity index (χ1v) is 9.15. The van der Waals surface area contributed by atoms with E-state index in [-0.39, 0.29) is 11.8 Å². The molecule has 25 heavy (non-hydrogen) atoms. The Morgan fingerprint density at radius 3 is 3.04 bits per heavy atom. The van der Waals surface area contributed by atoms with Crippen LogP contribution in [0.15, 0.2) is 16.9 Å². The summed E-state index contributed by atoms with van der Waals surface area (Å²) in [7, 11) is 1.89. The summed E-state index contributed by atoms with van der Waals surface area (Å²) in [4.78, 5) is 19.1. The number of aromatic nitrogens is 4. The first-order valence-electron chi connectivity index (χ1n) is 9.15. The molecular weight excluding hydrogens is 318 g/mol. The number of likely N-dealkylation sites (tertiary alicyclic amines) is 1. The van der Waals surface area contributed by atoms with E-state index in [0.29, 0.717) is 24.8 Å². The van der Waals surface area contributed by atoms with E-state index in [2.05, 4.69) is 29.1 Å². The van der Waals surface area contributed by atoms with Crippen LogP contribution in [-0.2, 0) is 18.3 Å². The number of aryl methyl sites for hydroxylation is 2. The van der Waals surface area contributed by atoms with E-state index in [1.54, 1.807) is 4.68 Å². The molecule has 3 heterocycles. The molecule has 136 valence electrons. The lowest BCUT2D eigenvalue weighted by atomic mass is 9.97. The Morgan fingerprint density at radius 2 is 2.32 bits per heavy atom. The number of rotatable bonds is 6. The van der Waals surface area contributed by atoms with Crippen molar-refractivity contribution in [3.8, 4) is 0 Å². The fourth-order valence-electron chi connectivity index (χ4n) is 3.21. The highest BCUT2D eigenvalue weighted by atomic mass is 16.5. The second-order valence-electron chi connectivity index (χ2n) is 7.00. The molecule has 0 aromatic carbocycles. The van der Waals surface area contributed by atoms with Gasteiger partial charge in [0.1, 0.15) is 0 Å². The summed E-state index contributed by atoms with van der Waals surface area (Å²) in [6, 6.07) is 0. The summed E-state index contributed by atoms with van der Waals surface area (Å²) in [6.45, 7) is 5.70. The zero-order valence-electron chi connectivity index (χ0n) is 15.3. The summed E-state index contributed by atoms with van der Waals surface area (Å²) < 4.78 is 7.24. The largest absolute Gasteiger partial charge is 0.342 e. The van der Waals surface area contributed by atoms with Crippen LogP contribution in [-0.4, -0.2) is 43.8 Å². The lowest BCUT2D eigenvalue weighted by Crippen LogP contribution is -2.39. The molecule has 0 bridgehead atoms. The van der Waals surface area contributed by atoms with Gasteiger partial charge in [-0.15, -0.1) is 0 Å². The molecule has 1 amide bonds. The quantitative estimate of drug-likeness (QED) is 0.804. The maximum atomic E-state index is 12.5. The Labute approximate surface area is 148 Å². The van der Waals surface area contributed by atoms with Crippen LogP contribution in [0.25, 0.3) is 0 Å². The van der Waals surface area contributed by atoms with Crippen molar-refractivity contribution >= 4 is 5.91 Å². The van der Waals surface area contributed by atoms with E-state index in [4.69, 9.17) is 4.52 Å². The highest BCUT2D eigenvalue weighted by Gasteiger charge is 2.28. The third-order valence-corrected chi connectivity index (χ3v) is 5.02. The van der Waals surface area contributed by atoms with Crippen LogP contribution >= 0.6 is 0 Å². The summed E-state index contributed by atoms with van der Waals surface area (Å²) in [5, 5.41) is 8.26. The molecule has 1 aliphatic heterocycles. The molecule has 1 saturated heterocycles. The van der Waals surface area contributed by atoms with Crippen LogP contribution in [0.4, 0.5) is 0 Å². The van der Waals surface area contributed by atoms with Crippen molar-refractivity contribution in [3.05, 3.63) is 29.7 Å². The molecule has 0 spiro atoms. The molecule has 2 aromatic rings. The van der Waals surface area contributed by atoms with Gasteiger partial charge in [0.25, 0.3) is 0 Å². The van der Waals surface area contributed by atoms with E-state index < -0.39 is 0 Å². The predicted molar refractivity (Wildman–Crippen MR) is 93.1 cm³/mol. The van der Waals surface area contributed by atoms with Crippen molar-refractivity contribution in [2.24, 2.45) is 7.05 Å². The first-order chi connectivity index (χ1) is 12.1. The summed E-state index contributed by atoms with van der Waals surface area (Å²) in [5.41, 5.74) is 1.10. The number of carbonyl (C=O) groups is 1. The van der Waals surface area contributed by atoms with Gasteiger partial charge in [0, 0.05) is 38.7 Å². The minimum absolute atomic E-state index is 0.154. The molecule has 7 nitrogen and oxygen atoms in total. The molecule has 2 atom stereocenters. The fourth-order valence-corrected chi connectivity index (χ4v) is 3.21. The molecule has 0 radical (unpaired) electrons. The number of amides is 1. The van der Waals surface area contributed by atoms with E-state index in [0.717, 1.165) is 43.6 Å². The van der Waals surface area contributed by atoms with Gasteiger partial charge in [-0.1, -0.05) is 19.0 Å². The summed E-state index contributed by atoms with van der Waals surface area (Å²) >= 11 is 0. The van der Waals surface area contributed by atoms with Crippen LogP contribution < -0.4 is 0 Å². The molecule has 2 aromatic heterocycles. The second-order valence-corrected chi connectivity index (χ2v) is 7.00. The number of piperidine rings is 1.